The van der Waals surface area contributed by atoms with Crippen LogP contribution in [0.4, 0.5) is 0 Å². The summed E-state index contributed by atoms with van der Waals surface area (Å²) in [6.07, 6.45) is -0.296. The molecular weight excluding hydrogens is 466 g/mol. The Morgan fingerprint density at radius 3 is 2.03 bits per heavy atom. The number of carbonyl (C=O) groups excluding carboxylic acids is 5. The average molecular weight is 496 g/mol. The largest absolute Gasteiger partial charge is 0.481 e. The maximum atomic E-state index is 13.5. The molecule has 0 aromatic heterocycles. The van der Waals surface area contributed by atoms with Crippen molar-refractivity contribution in [1.29, 1.82) is 0 Å². The van der Waals surface area contributed by atoms with Crippen molar-refractivity contribution in [3.05, 3.63) is 71.8 Å². The van der Waals surface area contributed by atoms with E-state index in [9.17, 15) is 28.8 Å². The first-order chi connectivity index (χ1) is 17.1. The zero-order valence-electron chi connectivity index (χ0n) is 20.0. The van der Waals surface area contributed by atoms with Crippen LogP contribution in [0.1, 0.15) is 36.2 Å². The molecule has 0 saturated carbocycles. The Labute approximate surface area is 208 Å². The lowest BCUT2D eigenvalue weighted by molar-refractivity contribution is -0.142. The van der Waals surface area contributed by atoms with Gasteiger partial charge in [-0.2, -0.15) is 0 Å². The molecule has 0 aliphatic rings. The molecule has 2 aromatic rings. The number of carboxylic acid groups (broad SMARTS) is 1. The first-order valence-electron chi connectivity index (χ1n) is 11.3. The summed E-state index contributed by atoms with van der Waals surface area (Å²) < 4.78 is 0. The molecule has 3 N–H and O–H groups in total. The van der Waals surface area contributed by atoms with Gasteiger partial charge in [0.25, 0.3) is 5.91 Å². The van der Waals surface area contributed by atoms with Crippen molar-refractivity contribution >= 4 is 35.8 Å². The molecule has 2 aromatic carbocycles. The van der Waals surface area contributed by atoms with Crippen molar-refractivity contribution in [3.8, 4) is 0 Å². The molecule has 0 spiro atoms. The molecule has 0 bridgehead atoms. The molecule has 10 heteroatoms. The minimum atomic E-state index is -1.27. The van der Waals surface area contributed by atoms with Crippen molar-refractivity contribution in [1.82, 2.24) is 15.5 Å². The molecule has 2 atom stereocenters. The minimum absolute atomic E-state index is 0.00347. The number of carbonyl (C=O) groups is 6. The first kappa shape index (κ1) is 27.9. The quantitative estimate of drug-likeness (QED) is 0.215. The van der Waals surface area contributed by atoms with Crippen LogP contribution in [0.3, 0.4) is 0 Å². The summed E-state index contributed by atoms with van der Waals surface area (Å²) in [7, 11) is 0. The van der Waals surface area contributed by atoms with Gasteiger partial charge in [-0.05, 0) is 11.5 Å². The molecule has 0 saturated heterocycles. The number of benzene rings is 2. The van der Waals surface area contributed by atoms with Crippen molar-refractivity contribution in [2.24, 2.45) is 5.92 Å². The van der Waals surface area contributed by atoms with Gasteiger partial charge >= 0.3 is 5.97 Å². The topological polar surface area (TPSA) is 150 Å². The first-order valence-corrected chi connectivity index (χ1v) is 11.3. The van der Waals surface area contributed by atoms with E-state index in [-0.39, 0.29) is 12.1 Å². The van der Waals surface area contributed by atoms with E-state index in [4.69, 9.17) is 5.11 Å². The summed E-state index contributed by atoms with van der Waals surface area (Å²) in [5, 5.41) is 13.7. The highest BCUT2D eigenvalue weighted by atomic mass is 16.4. The number of amides is 3. The monoisotopic (exact) mass is 495 g/mol. The van der Waals surface area contributed by atoms with Gasteiger partial charge in [0.1, 0.15) is 12.3 Å². The van der Waals surface area contributed by atoms with Gasteiger partial charge in [-0.3, -0.25) is 24.0 Å². The normalized spacial score (nSPS) is 12.2. The second-order valence-corrected chi connectivity index (χ2v) is 8.48. The van der Waals surface area contributed by atoms with Crippen LogP contribution in [-0.2, 0) is 30.5 Å². The molecule has 36 heavy (non-hydrogen) atoms. The standard InChI is InChI=1S/C26H29N3O7/c1-17(2)23(28-25(35)24(34)19-11-7-4-8-12-19)26(36)29(14-18-9-5-3-6-10-18)15-21(31)27-20(16-30)13-22(32)33/h3-12,16-17,20,23H,13-15H2,1-2H3,(H,27,31)(H,28,35)(H,32,33). The third-order valence-electron chi connectivity index (χ3n) is 5.23. The van der Waals surface area contributed by atoms with Crippen LogP contribution < -0.4 is 10.6 Å². The van der Waals surface area contributed by atoms with Crippen molar-refractivity contribution < 1.29 is 33.9 Å². The van der Waals surface area contributed by atoms with Gasteiger partial charge in [0.05, 0.1) is 19.0 Å². The Bertz CT molecular complexity index is 1090. The highest BCUT2D eigenvalue weighted by Crippen LogP contribution is 2.12. The number of nitrogens with zero attached hydrogens (tertiary/aromatic N) is 1. The van der Waals surface area contributed by atoms with E-state index >= 15 is 0 Å². The molecule has 2 unspecified atom stereocenters. The van der Waals surface area contributed by atoms with E-state index in [1.165, 1.54) is 17.0 Å². The van der Waals surface area contributed by atoms with Gasteiger partial charge in [0.2, 0.25) is 17.6 Å². The number of nitrogens with one attached hydrogen (secondary N) is 2. The van der Waals surface area contributed by atoms with E-state index in [2.05, 4.69) is 10.6 Å². The second-order valence-electron chi connectivity index (χ2n) is 8.48. The molecule has 10 nitrogen and oxygen atoms in total. The minimum Gasteiger partial charge on any atom is -0.481 e. The number of hydrogen-bond donors (Lipinski definition) is 3. The maximum absolute atomic E-state index is 13.5. The fourth-order valence-electron chi connectivity index (χ4n) is 3.40. The molecule has 0 fully saturated rings. The molecule has 0 heterocycles. The molecule has 0 aliphatic carbocycles. The summed E-state index contributed by atoms with van der Waals surface area (Å²) in [5.74, 6) is -4.81. The van der Waals surface area contributed by atoms with Crippen LogP contribution in [0.15, 0.2) is 60.7 Å². The number of hydrogen-bond acceptors (Lipinski definition) is 6. The van der Waals surface area contributed by atoms with Gasteiger partial charge in [0, 0.05) is 12.1 Å². The van der Waals surface area contributed by atoms with Crippen molar-refractivity contribution in [2.45, 2.75) is 38.9 Å². The predicted octanol–water partition coefficient (Wildman–Crippen LogP) is 1.20. The van der Waals surface area contributed by atoms with Crippen LogP contribution >= 0.6 is 0 Å². The summed E-state index contributed by atoms with van der Waals surface area (Å²) in [4.78, 5) is 74.5. The Morgan fingerprint density at radius 2 is 1.50 bits per heavy atom. The lowest BCUT2D eigenvalue weighted by Crippen LogP contribution is -2.54. The van der Waals surface area contributed by atoms with Gasteiger partial charge in [-0.15, -0.1) is 0 Å². The Morgan fingerprint density at radius 1 is 0.917 bits per heavy atom. The highest BCUT2D eigenvalue weighted by molar-refractivity contribution is 6.43. The van der Waals surface area contributed by atoms with E-state index in [1.54, 1.807) is 62.4 Å². The predicted molar refractivity (Wildman–Crippen MR) is 130 cm³/mol. The van der Waals surface area contributed by atoms with Crippen LogP contribution in [0.25, 0.3) is 0 Å². The second kappa shape index (κ2) is 13.5. The average Bonchev–Trinajstić information content (AvgIpc) is 2.86. The summed E-state index contributed by atoms with van der Waals surface area (Å²) in [6, 6.07) is 14.3. The number of rotatable bonds is 13. The molecule has 190 valence electrons. The Kier molecular flexibility index (Phi) is 10.5. The van der Waals surface area contributed by atoms with Crippen molar-refractivity contribution in [2.75, 3.05) is 6.54 Å². The molecule has 3 amide bonds. The lowest BCUT2D eigenvalue weighted by atomic mass is 10.0. The Balaban J connectivity index is 2.24. The molecule has 0 radical (unpaired) electrons. The van der Waals surface area contributed by atoms with E-state index in [0.717, 1.165) is 0 Å². The lowest BCUT2D eigenvalue weighted by Gasteiger charge is -2.29. The summed E-state index contributed by atoms with van der Waals surface area (Å²) in [5.41, 5.74) is 0.870. The fourth-order valence-corrected chi connectivity index (χ4v) is 3.40. The molecule has 2 rings (SSSR count). The number of Topliss-reactive ketones (excluding diaryl/α,β-unsaturated/α-hetero) is 1. The molecular formula is C26H29N3O7. The summed E-state index contributed by atoms with van der Waals surface area (Å²) >= 11 is 0. The van der Waals surface area contributed by atoms with E-state index in [0.29, 0.717) is 11.8 Å². The van der Waals surface area contributed by atoms with E-state index in [1.807, 2.05) is 0 Å². The van der Waals surface area contributed by atoms with E-state index < -0.39 is 60.4 Å². The molecule has 0 aliphatic heterocycles. The van der Waals surface area contributed by atoms with Gasteiger partial charge < -0.3 is 25.4 Å². The van der Waals surface area contributed by atoms with Crippen LogP contribution in [0, 0.1) is 5.92 Å². The van der Waals surface area contributed by atoms with Gasteiger partial charge in [-0.25, -0.2) is 0 Å². The Hall–Kier alpha value is -4.34. The fraction of sp³-hybridized carbons (Fsp3) is 0.308. The summed E-state index contributed by atoms with van der Waals surface area (Å²) in [6.45, 7) is 2.88. The number of aldehydes is 1. The van der Waals surface area contributed by atoms with Crippen LogP contribution in [-0.4, -0.2) is 64.4 Å². The maximum Gasteiger partial charge on any atom is 0.305 e. The van der Waals surface area contributed by atoms with Gasteiger partial charge in [0.15, 0.2) is 0 Å². The number of aliphatic carboxylic acids is 1. The zero-order chi connectivity index (χ0) is 26.7. The number of ketones is 1. The smallest absolute Gasteiger partial charge is 0.305 e. The third-order valence-corrected chi connectivity index (χ3v) is 5.23. The van der Waals surface area contributed by atoms with Crippen LogP contribution in [0.2, 0.25) is 0 Å². The highest BCUT2D eigenvalue weighted by Gasteiger charge is 2.32. The van der Waals surface area contributed by atoms with Gasteiger partial charge in [-0.1, -0.05) is 74.5 Å². The third kappa shape index (κ3) is 8.46. The number of carboxylic acids is 1. The zero-order valence-corrected chi connectivity index (χ0v) is 20.0. The SMILES string of the molecule is CC(C)C(NC(=O)C(=O)c1ccccc1)C(=O)N(CC(=O)NC(C=O)CC(=O)O)Cc1ccccc1. The van der Waals surface area contributed by atoms with Crippen LogP contribution in [0.5, 0.6) is 0 Å². The van der Waals surface area contributed by atoms with Crippen molar-refractivity contribution in [3.63, 3.8) is 0 Å².